The Hall–Kier alpha value is -2.83. The Balaban J connectivity index is 2.79. The van der Waals surface area contributed by atoms with Crippen molar-refractivity contribution >= 4 is 24.3 Å². The second-order valence-electron chi connectivity index (χ2n) is 5.44. The van der Waals surface area contributed by atoms with Crippen molar-refractivity contribution in [2.45, 2.75) is 26.4 Å². The summed E-state index contributed by atoms with van der Waals surface area (Å²) in [5, 5.41) is 2.16. The van der Waals surface area contributed by atoms with Crippen LogP contribution in [0.5, 0.6) is 0 Å². The number of esters is 1. The van der Waals surface area contributed by atoms with Gasteiger partial charge in [0, 0.05) is 0 Å². The number of methoxy groups -OCH3 is 1. The van der Waals surface area contributed by atoms with Crippen LogP contribution in [0.4, 0.5) is 9.59 Å². The first-order valence-electron chi connectivity index (χ1n) is 6.78. The van der Waals surface area contributed by atoms with Gasteiger partial charge in [-0.05, 0) is 32.4 Å². The predicted octanol–water partition coefficient (Wildman–Crippen LogP) is 2.86. The minimum Gasteiger partial charge on any atom is -0.464 e. The van der Waals surface area contributed by atoms with Gasteiger partial charge in [-0.2, -0.15) is 0 Å². The SMILES string of the molecule is COC(=O)/C(=C/c1ccccc1)NC(=O)OC(=O)OC(C)(C)C. The minimum absolute atomic E-state index is 0.174. The first-order valence-corrected chi connectivity index (χ1v) is 6.78. The largest absolute Gasteiger partial charge is 0.517 e. The van der Waals surface area contributed by atoms with Crippen LogP contribution in [0, 0.1) is 0 Å². The van der Waals surface area contributed by atoms with Gasteiger partial charge in [0.2, 0.25) is 0 Å². The van der Waals surface area contributed by atoms with E-state index >= 15 is 0 Å². The third kappa shape index (κ3) is 7.12. The lowest BCUT2D eigenvalue weighted by atomic mass is 10.2. The summed E-state index contributed by atoms with van der Waals surface area (Å²) < 4.78 is 13.8. The van der Waals surface area contributed by atoms with Crippen LogP contribution in [-0.2, 0) is 19.0 Å². The Labute approximate surface area is 134 Å². The molecule has 0 fully saturated rings. The van der Waals surface area contributed by atoms with Crippen molar-refractivity contribution in [3.8, 4) is 0 Å². The van der Waals surface area contributed by atoms with Crippen molar-refractivity contribution < 1.29 is 28.6 Å². The molecule has 0 aromatic heterocycles. The summed E-state index contributed by atoms with van der Waals surface area (Å²) in [7, 11) is 1.17. The fraction of sp³-hybridized carbons (Fsp3) is 0.312. The summed E-state index contributed by atoms with van der Waals surface area (Å²) in [5.74, 6) is -0.782. The quantitative estimate of drug-likeness (QED) is 0.523. The Kier molecular flexibility index (Phi) is 6.32. The van der Waals surface area contributed by atoms with Crippen LogP contribution in [-0.4, -0.2) is 30.9 Å². The number of nitrogens with one attached hydrogen (secondary N) is 1. The van der Waals surface area contributed by atoms with Crippen molar-refractivity contribution in [2.75, 3.05) is 7.11 Å². The molecule has 0 aliphatic rings. The van der Waals surface area contributed by atoms with E-state index in [2.05, 4.69) is 14.8 Å². The van der Waals surface area contributed by atoms with E-state index in [0.717, 1.165) is 0 Å². The molecule has 0 radical (unpaired) electrons. The van der Waals surface area contributed by atoms with Crippen molar-refractivity contribution in [3.63, 3.8) is 0 Å². The second kappa shape index (κ2) is 7.98. The molecular formula is C16H19NO6. The molecule has 1 amide bonds. The summed E-state index contributed by atoms with van der Waals surface area (Å²) in [6.07, 6.45) is -0.923. The monoisotopic (exact) mass is 321 g/mol. The van der Waals surface area contributed by atoms with Crippen molar-refractivity contribution in [1.82, 2.24) is 5.32 Å². The highest BCUT2D eigenvalue weighted by atomic mass is 16.8. The predicted molar refractivity (Wildman–Crippen MR) is 82.3 cm³/mol. The van der Waals surface area contributed by atoms with Gasteiger partial charge in [0.25, 0.3) is 0 Å². The summed E-state index contributed by atoms with van der Waals surface area (Å²) in [6.45, 7) is 4.88. The molecule has 0 heterocycles. The van der Waals surface area contributed by atoms with Crippen LogP contribution < -0.4 is 5.32 Å². The molecule has 1 N–H and O–H groups in total. The molecule has 0 saturated heterocycles. The topological polar surface area (TPSA) is 90.9 Å². The van der Waals surface area contributed by atoms with Crippen LogP contribution in [0.15, 0.2) is 36.0 Å². The molecule has 0 aliphatic heterocycles. The number of carbonyl (C=O) groups is 3. The van der Waals surface area contributed by atoms with Crippen LogP contribution in [0.2, 0.25) is 0 Å². The fourth-order valence-corrected chi connectivity index (χ4v) is 1.45. The molecule has 0 unspecified atom stereocenters. The summed E-state index contributed by atoms with van der Waals surface area (Å²) in [5.41, 5.74) is -0.319. The molecule has 7 heteroatoms. The highest BCUT2D eigenvalue weighted by molar-refractivity contribution is 5.97. The van der Waals surface area contributed by atoms with Gasteiger partial charge in [-0.3, -0.25) is 5.32 Å². The van der Waals surface area contributed by atoms with E-state index in [0.29, 0.717) is 5.56 Å². The summed E-state index contributed by atoms with van der Waals surface area (Å²) in [6, 6.07) is 8.78. The Morgan fingerprint density at radius 2 is 1.70 bits per heavy atom. The van der Waals surface area contributed by atoms with E-state index in [4.69, 9.17) is 4.74 Å². The lowest BCUT2D eigenvalue weighted by Gasteiger charge is -2.18. The maximum absolute atomic E-state index is 11.7. The number of hydrogen-bond donors (Lipinski definition) is 1. The normalized spacial score (nSPS) is 11.4. The molecule has 124 valence electrons. The zero-order chi connectivity index (χ0) is 17.5. The molecule has 0 aliphatic carbocycles. The summed E-state index contributed by atoms with van der Waals surface area (Å²) in [4.78, 5) is 34.8. The number of benzene rings is 1. The van der Waals surface area contributed by atoms with Crippen LogP contribution >= 0.6 is 0 Å². The molecule has 0 saturated carbocycles. The number of alkyl carbamates (subject to hydrolysis) is 1. The number of rotatable bonds is 3. The van der Waals surface area contributed by atoms with E-state index < -0.39 is 23.8 Å². The second-order valence-corrected chi connectivity index (χ2v) is 5.44. The first-order chi connectivity index (χ1) is 10.7. The molecule has 0 atom stereocenters. The van der Waals surface area contributed by atoms with E-state index in [-0.39, 0.29) is 5.70 Å². The third-order valence-corrected chi connectivity index (χ3v) is 2.32. The molecule has 1 aromatic carbocycles. The van der Waals surface area contributed by atoms with E-state index in [1.165, 1.54) is 13.2 Å². The standard InChI is InChI=1S/C16H19NO6/c1-16(2,3)23-15(20)22-14(19)17-12(13(18)21-4)10-11-8-6-5-7-9-11/h5-10H,1-4H3,(H,17,19)/b12-10-. The molecule has 1 rings (SSSR count). The van der Waals surface area contributed by atoms with Gasteiger partial charge in [0.15, 0.2) is 0 Å². The van der Waals surface area contributed by atoms with Gasteiger partial charge in [0.05, 0.1) is 7.11 Å². The number of ether oxygens (including phenoxy) is 3. The van der Waals surface area contributed by atoms with Crippen molar-refractivity contribution in [3.05, 3.63) is 41.6 Å². The van der Waals surface area contributed by atoms with Crippen LogP contribution in [0.25, 0.3) is 6.08 Å². The van der Waals surface area contributed by atoms with Crippen molar-refractivity contribution in [2.24, 2.45) is 0 Å². The molecule has 0 spiro atoms. The average Bonchev–Trinajstić information content (AvgIpc) is 2.44. The van der Waals surface area contributed by atoms with Gasteiger partial charge >= 0.3 is 18.2 Å². The van der Waals surface area contributed by atoms with Gasteiger partial charge < -0.3 is 14.2 Å². The minimum atomic E-state index is -1.17. The van der Waals surface area contributed by atoms with Gasteiger partial charge in [-0.25, -0.2) is 14.4 Å². The first kappa shape index (κ1) is 18.2. The fourth-order valence-electron chi connectivity index (χ4n) is 1.45. The van der Waals surface area contributed by atoms with Crippen LogP contribution in [0.1, 0.15) is 26.3 Å². The van der Waals surface area contributed by atoms with Gasteiger partial charge in [-0.15, -0.1) is 0 Å². The van der Waals surface area contributed by atoms with Gasteiger partial charge in [-0.1, -0.05) is 30.3 Å². The third-order valence-electron chi connectivity index (χ3n) is 2.32. The zero-order valence-electron chi connectivity index (χ0n) is 13.4. The molecule has 7 nitrogen and oxygen atoms in total. The van der Waals surface area contributed by atoms with Crippen molar-refractivity contribution in [1.29, 1.82) is 0 Å². The van der Waals surface area contributed by atoms with E-state index in [1.54, 1.807) is 51.1 Å². The number of hydrogen-bond acceptors (Lipinski definition) is 6. The smallest absolute Gasteiger partial charge is 0.464 e. The number of amides is 1. The molecule has 23 heavy (non-hydrogen) atoms. The Bertz CT molecular complexity index is 601. The zero-order valence-corrected chi connectivity index (χ0v) is 13.4. The Morgan fingerprint density at radius 3 is 2.22 bits per heavy atom. The van der Waals surface area contributed by atoms with E-state index in [1.807, 2.05) is 0 Å². The molecule has 1 aromatic rings. The van der Waals surface area contributed by atoms with Gasteiger partial charge in [0.1, 0.15) is 11.3 Å². The van der Waals surface area contributed by atoms with E-state index in [9.17, 15) is 14.4 Å². The Morgan fingerprint density at radius 1 is 1.09 bits per heavy atom. The lowest BCUT2D eigenvalue weighted by Crippen LogP contribution is -2.33. The van der Waals surface area contributed by atoms with Crippen LogP contribution in [0.3, 0.4) is 0 Å². The maximum atomic E-state index is 11.7. The average molecular weight is 321 g/mol. The highest BCUT2D eigenvalue weighted by Gasteiger charge is 2.22. The lowest BCUT2D eigenvalue weighted by molar-refractivity contribution is -0.136. The summed E-state index contributed by atoms with van der Waals surface area (Å²) >= 11 is 0. The number of carbonyl (C=O) groups excluding carboxylic acids is 3. The highest BCUT2D eigenvalue weighted by Crippen LogP contribution is 2.09. The molecular weight excluding hydrogens is 302 g/mol. The molecule has 0 bridgehead atoms. The maximum Gasteiger partial charge on any atom is 0.517 e.